The summed E-state index contributed by atoms with van der Waals surface area (Å²) in [5.41, 5.74) is 5.77. The molecule has 0 aliphatic rings. The number of benzene rings is 1. The van der Waals surface area contributed by atoms with Gasteiger partial charge in [-0.05, 0) is 12.1 Å². The highest BCUT2D eigenvalue weighted by Gasteiger charge is 2.20. The van der Waals surface area contributed by atoms with Gasteiger partial charge in [0.2, 0.25) is 5.76 Å². The molecule has 1 aromatic heterocycles. The van der Waals surface area contributed by atoms with Crippen molar-refractivity contribution in [1.82, 2.24) is 0 Å². The van der Waals surface area contributed by atoms with Crippen molar-refractivity contribution in [3.8, 4) is 5.75 Å². The fraction of sp³-hybridized carbons (Fsp3) is 0.100. The van der Waals surface area contributed by atoms with Crippen LogP contribution in [0.25, 0.3) is 11.0 Å². The molecule has 0 saturated carbocycles. The van der Waals surface area contributed by atoms with E-state index in [4.69, 9.17) is 22.4 Å². The summed E-state index contributed by atoms with van der Waals surface area (Å²) in [6, 6.07) is 6.61. The number of furan rings is 1. The second kappa shape index (κ2) is 4.05. The second-order valence-corrected chi connectivity index (χ2v) is 3.44. The molecule has 2 aromatic rings. The molecule has 84 valence electrons. The van der Waals surface area contributed by atoms with Gasteiger partial charge in [0.1, 0.15) is 10.6 Å². The fourth-order valence-electron chi connectivity index (χ4n) is 1.39. The molecule has 0 atom stereocenters. The molecule has 6 heteroatoms. The molecule has 0 unspecified atom stereocenters. The molecule has 1 heterocycles. The van der Waals surface area contributed by atoms with Gasteiger partial charge in [0, 0.05) is 0 Å². The Labute approximate surface area is 94.8 Å². The van der Waals surface area contributed by atoms with Gasteiger partial charge >= 0.3 is 6.61 Å². The highest BCUT2D eigenvalue weighted by molar-refractivity contribution is 7.80. The van der Waals surface area contributed by atoms with Gasteiger partial charge in [-0.25, -0.2) is 0 Å². The summed E-state index contributed by atoms with van der Waals surface area (Å²) in [5, 5.41) is 0.422. The number of rotatable bonds is 3. The molecular formula is C10H7F2NO2S. The van der Waals surface area contributed by atoms with Gasteiger partial charge in [0.15, 0.2) is 5.75 Å². The predicted molar refractivity (Wildman–Crippen MR) is 58.7 cm³/mol. The lowest BCUT2D eigenvalue weighted by Gasteiger charge is -2.03. The van der Waals surface area contributed by atoms with Crippen LogP contribution in [0.3, 0.4) is 0 Å². The molecule has 0 aliphatic carbocycles. The zero-order valence-corrected chi connectivity index (χ0v) is 8.76. The Bertz CT molecular complexity index is 539. The van der Waals surface area contributed by atoms with Crippen molar-refractivity contribution in [3.63, 3.8) is 0 Å². The maximum atomic E-state index is 12.2. The van der Waals surface area contributed by atoms with E-state index < -0.39 is 6.61 Å². The van der Waals surface area contributed by atoms with Crippen LogP contribution in [-0.4, -0.2) is 11.6 Å². The van der Waals surface area contributed by atoms with Gasteiger partial charge in [0.05, 0.1) is 5.39 Å². The molecule has 0 amide bonds. The zero-order chi connectivity index (χ0) is 11.7. The standard InChI is InChI=1S/C10H7F2NO2S/c11-10(12)15-7-5-3-1-2-4-6(5)14-8(7)9(13)16/h1-4,10H,(H2,13,16). The first-order valence-electron chi connectivity index (χ1n) is 4.35. The smallest absolute Gasteiger partial charge is 0.387 e. The van der Waals surface area contributed by atoms with Crippen LogP contribution in [0.1, 0.15) is 5.76 Å². The lowest BCUT2D eigenvalue weighted by Crippen LogP contribution is -2.11. The van der Waals surface area contributed by atoms with Crippen LogP contribution < -0.4 is 10.5 Å². The van der Waals surface area contributed by atoms with Crippen LogP contribution in [0.15, 0.2) is 28.7 Å². The van der Waals surface area contributed by atoms with Gasteiger partial charge in [-0.2, -0.15) is 8.78 Å². The molecule has 0 aliphatic heterocycles. The quantitative estimate of drug-likeness (QED) is 0.842. The van der Waals surface area contributed by atoms with Gasteiger partial charge in [-0.15, -0.1) is 0 Å². The third kappa shape index (κ3) is 1.83. The van der Waals surface area contributed by atoms with Crippen molar-refractivity contribution >= 4 is 28.2 Å². The van der Waals surface area contributed by atoms with E-state index in [0.717, 1.165) is 0 Å². The zero-order valence-electron chi connectivity index (χ0n) is 7.94. The number of alkyl halides is 2. The van der Waals surface area contributed by atoms with Gasteiger partial charge < -0.3 is 14.9 Å². The topological polar surface area (TPSA) is 48.4 Å². The molecule has 3 nitrogen and oxygen atoms in total. The Hall–Kier alpha value is -1.69. The number of para-hydroxylation sites is 1. The number of fused-ring (bicyclic) bond motifs is 1. The lowest BCUT2D eigenvalue weighted by molar-refractivity contribution is -0.0494. The Morgan fingerprint density at radius 3 is 2.69 bits per heavy atom. The second-order valence-electron chi connectivity index (χ2n) is 3.00. The fourth-order valence-corrected chi connectivity index (χ4v) is 1.52. The van der Waals surface area contributed by atoms with Crippen LogP contribution >= 0.6 is 12.2 Å². The van der Waals surface area contributed by atoms with Crippen molar-refractivity contribution in [2.45, 2.75) is 6.61 Å². The summed E-state index contributed by atoms with van der Waals surface area (Å²) in [7, 11) is 0. The van der Waals surface area contributed by atoms with Crippen molar-refractivity contribution in [2.24, 2.45) is 5.73 Å². The summed E-state index contributed by atoms with van der Waals surface area (Å²) < 4.78 is 34.0. The van der Waals surface area contributed by atoms with Crippen LogP contribution in [0.2, 0.25) is 0 Å². The molecular weight excluding hydrogens is 236 g/mol. The SMILES string of the molecule is NC(=S)c1oc2ccccc2c1OC(F)F. The largest absolute Gasteiger partial charge is 0.450 e. The molecule has 1 aromatic carbocycles. The summed E-state index contributed by atoms with van der Waals surface area (Å²) in [6.45, 7) is -2.95. The van der Waals surface area contributed by atoms with Gasteiger partial charge in [0.25, 0.3) is 0 Å². The molecule has 2 N–H and O–H groups in total. The summed E-state index contributed by atoms with van der Waals surface area (Å²) >= 11 is 4.70. The Morgan fingerprint density at radius 2 is 2.06 bits per heavy atom. The van der Waals surface area contributed by atoms with E-state index in [1.807, 2.05) is 0 Å². The molecule has 0 radical (unpaired) electrons. The van der Waals surface area contributed by atoms with E-state index in [-0.39, 0.29) is 16.5 Å². The molecule has 2 rings (SSSR count). The first kappa shape index (κ1) is 10.8. The maximum absolute atomic E-state index is 12.2. The molecule has 16 heavy (non-hydrogen) atoms. The number of halogens is 2. The lowest BCUT2D eigenvalue weighted by atomic mass is 10.2. The van der Waals surface area contributed by atoms with Gasteiger partial charge in [-0.1, -0.05) is 24.4 Å². The Balaban J connectivity index is 2.64. The van der Waals surface area contributed by atoms with E-state index in [1.54, 1.807) is 24.3 Å². The third-order valence-electron chi connectivity index (χ3n) is 1.98. The van der Waals surface area contributed by atoms with Gasteiger partial charge in [-0.3, -0.25) is 0 Å². The van der Waals surface area contributed by atoms with E-state index in [9.17, 15) is 8.78 Å². The van der Waals surface area contributed by atoms with Crippen LogP contribution in [0.4, 0.5) is 8.78 Å². The summed E-state index contributed by atoms with van der Waals surface area (Å²) in [4.78, 5) is -0.119. The molecule has 0 bridgehead atoms. The molecule has 0 spiro atoms. The number of thiocarbonyl (C=S) groups is 1. The highest BCUT2D eigenvalue weighted by Crippen LogP contribution is 2.33. The first-order chi connectivity index (χ1) is 7.59. The predicted octanol–water partition coefficient (Wildman–Crippen LogP) is 2.67. The van der Waals surface area contributed by atoms with Crippen molar-refractivity contribution in [1.29, 1.82) is 0 Å². The number of nitrogens with two attached hydrogens (primary N) is 1. The average molecular weight is 243 g/mol. The van der Waals surface area contributed by atoms with Crippen molar-refractivity contribution in [3.05, 3.63) is 30.0 Å². The minimum absolute atomic E-state index is 0.0310. The number of hydrogen-bond donors (Lipinski definition) is 1. The minimum Gasteiger partial charge on any atom is -0.450 e. The monoisotopic (exact) mass is 243 g/mol. The van der Waals surface area contributed by atoms with E-state index in [0.29, 0.717) is 11.0 Å². The third-order valence-corrected chi connectivity index (χ3v) is 2.17. The average Bonchev–Trinajstić information content (AvgIpc) is 2.57. The maximum Gasteiger partial charge on any atom is 0.387 e. The molecule has 0 fully saturated rings. The van der Waals surface area contributed by atoms with Crippen LogP contribution in [0, 0.1) is 0 Å². The number of hydrogen-bond acceptors (Lipinski definition) is 3. The normalized spacial score (nSPS) is 10.9. The minimum atomic E-state index is -2.95. The highest BCUT2D eigenvalue weighted by atomic mass is 32.1. The summed E-state index contributed by atoms with van der Waals surface area (Å²) in [5.74, 6) is -0.144. The van der Waals surface area contributed by atoms with E-state index in [2.05, 4.69) is 4.74 Å². The van der Waals surface area contributed by atoms with E-state index >= 15 is 0 Å². The van der Waals surface area contributed by atoms with E-state index in [1.165, 1.54) is 0 Å². The van der Waals surface area contributed by atoms with Crippen molar-refractivity contribution < 1.29 is 17.9 Å². The van der Waals surface area contributed by atoms with Crippen LogP contribution in [-0.2, 0) is 0 Å². The number of ether oxygens (including phenoxy) is 1. The Morgan fingerprint density at radius 1 is 1.38 bits per heavy atom. The van der Waals surface area contributed by atoms with Crippen molar-refractivity contribution in [2.75, 3.05) is 0 Å². The molecule has 0 saturated heterocycles. The van der Waals surface area contributed by atoms with Crippen LogP contribution in [0.5, 0.6) is 5.75 Å². The summed E-state index contributed by atoms with van der Waals surface area (Å²) in [6.07, 6.45) is 0. The Kier molecular flexibility index (Phi) is 2.74. The first-order valence-corrected chi connectivity index (χ1v) is 4.76.